The minimum atomic E-state index is -0.476. The van der Waals surface area contributed by atoms with Crippen molar-refractivity contribution in [1.82, 2.24) is 9.78 Å². The molecular weight excluding hydrogens is 386 g/mol. The zero-order chi connectivity index (χ0) is 19.6. The van der Waals surface area contributed by atoms with E-state index in [2.05, 4.69) is 5.10 Å². The molecule has 0 saturated carbocycles. The molecule has 2 heterocycles. The maximum absolute atomic E-state index is 9.56. The number of hydrogen-bond donors (Lipinski definition) is 1. The van der Waals surface area contributed by atoms with Crippen LogP contribution in [0, 0.1) is 0 Å². The largest absolute Gasteiger partial charge is 0.508 e. The van der Waals surface area contributed by atoms with Gasteiger partial charge in [-0.05, 0) is 57.4 Å². The molecule has 0 atom stereocenters. The van der Waals surface area contributed by atoms with E-state index in [-0.39, 0.29) is 5.75 Å². The van der Waals surface area contributed by atoms with Gasteiger partial charge in [-0.15, -0.1) is 0 Å². The minimum Gasteiger partial charge on any atom is -0.508 e. The van der Waals surface area contributed by atoms with E-state index in [9.17, 15) is 5.11 Å². The van der Waals surface area contributed by atoms with Gasteiger partial charge >= 0.3 is 7.12 Å². The summed E-state index contributed by atoms with van der Waals surface area (Å²) in [6, 6.07) is 10.4. The van der Waals surface area contributed by atoms with Gasteiger partial charge in [0.15, 0.2) is 0 Å². The van der Waals surface area contributed by atoms with E-state index in [4.69, 9.17) is 32.5 Å². The van der Waals surface area contributed by atoms with Gasteiger partial charge in [-0.1, -0.05) is 29.3 Å². The first-order valence-electron chi connectivity index (χ1n) is 8.62. The van der Waals surface area contributed by atoms with E-state index in [1.165, 1.54) is 6.07 Å². The molecule has 1 aliphatic rings. The SMILES string of the molecule is CC1(C)OB(c2ccc3nn(-c4ccc(O)cc4Cl)c(Cl)c3c2)OC1(C)C. The fraction of sp³-hybridized carbons (Fsp3) is 0.316. The highest BCUT2D eigenvalue weighted by Gasteiger charge is 2.51. The molecule has 0 radical (unpaired) electrons. The summed E-state index contributed by atoms with van der Waals surface area (Å²) in [5.74, 6) is 0.0830. The van der Waals surface area contributed by atoms with Crippen molar-refractivity contribution in [3.8, 4) is 11.4 Å². The summed E-state index contributed by atoms with van der Waals surface area (Å²) in [5.41, 5.74) is 1.36. The lowest BCUT2D eigenvalue weighted by atomic mass is 9.79. The Morgan fingerprint density at radius 1 is 1.00 bits per heavy atom. The van der Waals surface area contributed by atoms with Gasteiger partial charge in [0.2, 0.25) is 0 Å². The van der Waals surface area contributed by atoms with Gasteiger partial charge in [-0.3, -0.25) is 0 Å². The molecule has 1 aliphatic heterocycles. The Hall–Kier alpha value is -1.73. The van der Waals surface area contributed by atoms with E-state index in [1.54, 1.807) is 16.8 Å². The molecule has 0 bridgehead atoms. The van der Waals surface area contributed by atoms with Gasteiger partial charge in [0, 0.05) is 11.5 Å². The monoisotopic (exact) mass is 404 g/mol. The number of nitrogens with zero attached hydrogens (tertiary/aromatic N) is 2. The van der Waals surface area contributed by atoms with Crippen LogP contribution in [0.4, 0.5) is 0 Å². The Labute approximate surface area is 167 Å². The molecule has 8 heteroatoms. The number of fused-ring (bicyclic) bond motifs is 1. The fourth-order valence-electron chi connectivity index (χ4n) is 3.02. The molecule has 1 N–H and O–H groups in total. The van der Waals surface area contributed by atoms with Crippen molar-refractivity contribution in [2.45, 2.75) is 38.9 Å². The number of halogens is 2. The molecule has 1 saturated heterocycles. The maximum atomic E-state index is 9.56. The van der Waals surface area contributed by atoms with Crippen LogP contribution in [0.2, 0.25) is 10.2 Å². The average Bonchev–Trinajstić information content (AvgIpc) is 3.01. The van der Waals surface area contributed by atoms with Crippen LogP contribution < -0.4 is 5.46 Å². The Balaban J connectivity index is 1.77. The van der Waals surface area contributed by atoms with Crippen molar-refractivity contribution >= 4 is 46.7 Å². The lowest BCUT2D eigenvalue weighted by Gasteiger charge is -2.32. The number of aromatic nitrogens is 2. The summed E-state index contributed by atoms with van der Waals surface area (Å²) >= 11 is 12.8. The summed E-state index contributed by atoms with van der Waals surface area (Å²) in [4.78, 5) is 0. The maximum Gasteiger partial charge on any atom is 0.494 e. The molecule has 3 aromatic rings. The normalized spacial score (nSPS) is 18.4. The lowest BCUT2D eigenvalue weighted by molar-refractivity contribution is 0.00578. The van der Waals surface area contributed by atoms with Gasteiger partial charge in [0.25, 0.3) is 0 Å². The Morgan fingerprint density at radius 3 is 2.30 bits per heavy atom. The highest BCUT2D eigenvalue weighted by Crippen LogP contribution is 2.37. The molecule has 1 fully saturated rings. The van der Waals surface area contributed by atoms with Crippen molar-refractivity contribution in [2.24, 2.45) is 0 Å². The first kappa shape index (κ1) is 18.6. The number of phenolic OH excluding ortho intramolecular Hbond substituents is 1. The number of benzene rings is 2. The number of phenols is 1. The molecule has 0 aliphatic carbocycles. The zero-order valence-electron chi connectivity index (χ0n) is 15.5. The third-order valence-electron chi connectivity index (χ3n) is 5.32. The lowest BCUT2D eigenvalue weighted by Crippen LogP contribution is -2.41. The van der Waals surface area contributed by atoms with Crippen LogP contribution in [-0.4, -0.2) is 33.2 Å². The number of aromatic hydroxyl groups is 1. The summed E-state index contributed by atoms with van der Waals surface area (Å²) < 4.78 is 13.8. The van der Waals surface area contributed by atoms with Crippen LogP contribution in [0.3, 0.4) is 0 Å². The van der Waals surface area contributed by atoms with E-state index >= 15 is 0 Å². The van der Waals surface area contributed by atoms with Gasteiger partial charge < -0.3 is 14.4 Å². The predicted molar refractivity (Wildman–Crippen MR) is 108 cm³/mol. The van der Waals surface area contributed by atoms with Crippen molar-refractivity contribution < 1.29 is 14.4 Å². The first-order valence-corrected chi connectivity index (χ1v) is 9.37. The molecule has 2 aromatic carbocycles. The Morgan fingerprint density at radius 2 is 1.67 bits per heavy atom. The van der Waals surface area contributed by atoms with Crippen molar-refractivity contribution in [2.75, 3.05) is 0 Å². The van der Waals surface area contributed by atoms with Crippen LogP contribution in [-0.2, 0) is 9.31 Å². The van der Waals surface area contributed by atoms with Crippen LogP contribution in [0.5, 0.6) is 5.75 Å². The summed E-state index contributed by atoms with van der Waals surface area (Å²) in [7, 11) is -0.476. The summed E-state index contributed by atoms with van der Waals surface area (Å²) in [6.07, 6.45) is 0. The molecule has 140 valence electrons. The van der Waals surface area contributed by atoms with E-state index < -0.39 is 18.3 Å². The molecule has 4 rings (SSSR count). The minimum absolute atomic E-state index is 0.0830. The molecule has 0 amide bonds. The van der Waals surface area contributed by atoms with Gasteiger partial charge in [0.05, 0.1) is 27.4 Å². The topological polar surface area (TPSA) is 56.5 Å². The Kier molecular flexibility index (Phi) is 4.24. The van der Waals surface area contributed by atoms with Crippen LogP contribution in [0.15, 0.2) is 36.4 Å². The smallest absolute Gasteiger partial charge is 0.494 e. The van der Waals surface area contributed by atoms with Crippen molar-refractivity contribution in [1.29, 1.82) is 0 Å². The van der Waals surface area contributed by atoms with Gasteiger partial charge in [0.1, 0.15) is 10.9 Å². The molecule has 0 unspecified atom stereocenters. The molecule has 27 heavy (non-hydrogen) atoms. The second-order valence-electron chi connectivity index (χ2n) is 7.70. The fourth-order valence-corrected chi connectivity index (χ4v) is 3.56. The second kappa shape index (κ2) is 6.14. The second-order valence-corrected chi connectivity index (χ2v) is 8.47. The first-order chi connectivity index (χ1) is 12.6. The predicted octanol–water partition coefficient (Wildman–Crippen LogP) is 4.34. The average molecular weight is 405 g/mol. The van der Waals surface area contributed by atoms with Crippen molar-refractivity contribution in [3.05, 3.63) is 46.6 Å². The quantitative estimate of drug-likeness (QED) is 0.645. The summed E-state index contributed by atoms with van der Waals surface area (Å²) in [6.45, 7) is 8.07. The zero-order valence-corrected chi connectivity index (χ0v) is 17.0. The van der Waals surface area contributed by atoms with Gasteiger partial charge in [-0.2, -0.15) is 5.10 Å². The third kappa shape index (κ3) is 3.01. The van der Waals surface area contributed by atoms with Crippen LogP contribution >= 0.6 is 23.2 Å². The van der Waals surface area contributed by atoms with Crippen molar-refractivity contribution in [3.63, 3.8) is 0 Å². The molecular formula is C19H19BCl2N2O3. The van der Waals surface area contributed by atoms with Gasteiger partial charge in [-0.25, -0.2) is 4.68 Å². The highest BCUT2D eigenvalue weighted by atomic mass is 35.5. The number of rotatable bonds is 2. The third-order valence-corrected chi connectivity index (χ3v) is 5.99. The molecule has 5 nitrogen and oxygen atoms in total. The number of hydrogen-bond acceptors (Lipinski definition) is 4. The van der Waals surface area contributed by atoms with Crippen LogP contribution in [0.25, 0.3) is 16.6 Å². The van der Waals surface area contributed by atoms with E-state index in [1.807, 2.05) is 45.9 Å². The van der Waals surface area contributed by atoms with E-state index in [0.717, 1.165) is 16.4 Å². The van der Waals surface area contributed by atoms with Crippen LogP contribution in [0.1, 0.15) is 27.7 Å². The van der Waals surface area contributed by atoms with E-state index in [0.29, 0.717) is 15.9 Å². The molecule has 1 aromatic heterocycles. The molecule has 0 spiro atoms. The Bertz CT molecular complexity index is 1030. The highest BCUT2D eigenvalue weighted by molar-refractivity contribution is 6.62. The standard InChI is InChI=1S/C19H19BCl2N2O3/c1-18(2)19(3,4)27-20(26-18)11-5-7-15-13(9-11)17(22)24(23-15)16-8-6-12(25)10-14(16)21/h5-10,25H,1-4H3. The summed E-state index contributed by atoms with van der Waals surface area (Å²) in [5, 5.41) is 15.7.